The number of hydrogen-bond donors (Lipinski definition) is 0. The van der Waals surface area contributed by atoms with Crippen LogP contribution in [0.3, 0.4) is 0 Å². The van der Waals surface area contributed by atoms with E-state index in [2.05, 4.69) is 0 Å². The zero-order chi connectivity index (χ0) is 13.5. The van der Waals surface area contributed by atoms with Crippen molar-refractivity contribution in [3.8, 4) is 0 Å². The molecule has 0 saturated heterocycles. The normalized spacial score (nSPS) is 10.4. The van der Waals surface area contributed by atoms with Gasteiger partial charge in [0, 0.05) is 37.8 Å². The van der Waals surface area contributed by atoms with Gasteiger partial charge in [-0.3, -0.25) is 4.79 Å². The number of aryl methyl sites for hydroxylation is 1. The van der Waals surface area contributed by atoms with Crippen LogP contribution in [0.15, 0.2) is 23.1 Å². The van der Waals surface area contributed by atoms with Gasteiger partial charge in [-0.2, -0.15) is 0 Å². The summed E-state index contributed by atoms with van der Waals surface area (Å²) in [6.45, 7) is 3.37. The lowest BCUT2D eigenvalue weighted by Crippen LogP contribution is -2.29. The molecule has 4 heteroatoms. The molecule has 0 aromatic heterocycles. The van der Waals surface area contributed by atoms with E-state index in [4.69, 9.17) is 4.74 Å². The molecule has 3 nitrogen and oxygen atoms in total. The molecular weight excluding hydrogens is 246 g/mol. The van der Waals surface area contributed by atoms with E-state index in [-0.39, 0.29) is 5.91 Å². The molecule has 1 aromatic rings. The maximum Gasteiger partial charge on any atom is 0.253 e. The molecule has 0 saturated carbocycles. The highest BCUT2D eigenvalue weighted by atomic mass is 32.2. The van der Waals surface area contributed by atoms with Gasteiger partial charge in [-0.1, -0.05) is 6.07 Å². The third kappa shape index (κ3) is 4.03. The van der Waals surface area contributed by atoms with E-state index in [9.17, 15) is 4.79 Å². The summed E-state index contributed by atoms with van der Waals surface area (Å²) in [5, 5.41) is 0. The van der Waals surface area contributed by atoms with Crippen molar-refractivity contribution in [1.82, 2.24) is 4.90 Å². The van der Waals surface area contributed by atoms with Crippen LogP contribution in [-0.4, -0.2) is 44.4 Å². The molecule has 1 aromatic carbocycles. The van der Waals surface area contributed by atoms with E-state index in [1.807, 2.05) is 38.4 Å². The first-order chi connectivity index (χ1) is 8.60. The Bertz CT molecular complexity index is 407. The van der Waals surface area contributed by atoms with Gasteiger partial charge in [-0.05, 0) is 37.3 Å². The van der Waals surface area contributed by atoms with Crippen molar-refractivity contribution < 1.29 is 9.53 Å². The second-order valence-corrected chi connectivity index (χ2v) is 5.13. The van der Waals surface area contributed by atoms with E-state index in [1.165, 1.54) is 0 Å². The number of nitrogens with zero attached hydrogens (tertiary/aromatic N) is 1. The second kappa shape index (κ2) is 7.44. The van der Waals surface area contributed by atoms with Gasteiger partial charge in [0.1, 0.15) is 0 Å². The van der Waals surface area contributed by atoms with Crippen molar-refractivity contribution in [2.24, 2.45) is 0 Å². The number of rotatable bonds is 6. The SMILES string of the molecule is COCCCN(C)C(=O)c1cc(SC)ccc1C. The highest BCUT2D eigenvalue weighted by Gasteiger charge is 2.14. The summed E-state index contributed by atoms with van der Waals surface area (Å²) in [4.78, 5) is 15.2. The number of carbonyl (C=O) groups excluding carboxylic acids is 1. The fraction of sp³-hybridized carbons (Fsp3) is 0.500. The van der Waals surface area contributed by atoms with Crippen molar-refractivity contribution >= 4 is 17.7 Å². The summed E-state index contributed by atoms with van der Waals surface area (Å²) in [6, 6.07) is 6.01. The van der Waals surface area contributed by atoms with Crippen molar-refractivity contribution in [2.45, 2.75) is 18.2 Å². The molecule has 100 valence electrons. The van der Waals surface area contributed by atoms with Crippen LogP contribution in [-0.2, 0) is 4.74 Å². The molecule has 1 amide bonds. The van der Waals surface area contributed by atoms with E-state index >= 15 is 0 Å². The van der Waals surface area contributed by atoms with Gasteiger partial charge < -0.3 is 9.64 Å². The van der Waals surface area contributed by atoms with Crippen molar-refractivity contribution in [2.75, 3.05) is 33.6 Å². The molecule has 0 spiro atoms. The van der Waals surface area contributed by atoms with Gasteiger partial charge in [-0.15, -0.1) is 11.8 Å². The molecule has 0 atom stereocenters. The van der Waals surface area contributed by atoms with E-state index < -0.39 is 0 Å². The average Bonchev–Trinajstić information content (AvgIpc) is 2.38. The Morgan fingerprint density at radius 3 is 2.78 bits per heavy atom. The molecule has 0 fully saturated rings. The Labute approximate surface area is 114 Å². The molecule has 0 aliphatic carbocycles. The van der Waals surface area contributed by atoms with Gasteiger partial charge in [-0.25, -0.2) is 0 Å². The highest BCUT2D eigenvalue weighted by molar-refractivity contribution is 7.98. The molecule has 0 aliphatic rings. The van der Waals surface area contributed by atoms with Gasteiger partial charge in [0.2, 0.25) is 0 Å². The van der Waals surface area contributed by atoms with E-state index in [0.29, 0.717) is 6.61 Å². The summed E-state index contributed by atoms with van der Waals surface area (Å²) in [7, 11) is 3.51. The van der Waals surface area contributed by atoms with Crippen LogP contribution in [0.25, 0.3) is 0 Å². The van der Waals surface area contributed by atoms with Crippen LogP contribution >= 0.6 is 11.8 Å². The maximum absolute atomic E-state index is 12.3. The highest BCUT2D eigenvalue weighted by Crippen LogP contribution is 2.20. The van der Waals surface area contributed by atoms with E-state index in [0.717, 1.165) is 29.0 Å². The Balaban J connectivity index is 2.76. The van der Waals surface area contributed by atoms with Crippen LogP contribution < -0.4 is 0 Å². The standard InChI is InChI=1S/C14H21NO2S/c1-11-6-7-12(18-4)10-13(11)14(16)15(2)8-5-9-17-3/h6-7,10H,5,8-9H2,1-4H3. The Morgan fingerprint density at radius 1 is 1.44 bits per heavy atom. The lowest BCUT2D eigenvalue weighted by molar-refractivity contribution is 0.0778. The molecule has 18 heavy (non-hydrogen) atoms. The fourth-order valence-electron chi connectivity index (χ4n) is 1.71. The number of carbonyl (C=O) groups is 1. The van der Waals surface area contributed by atoms with Crippen LogP contribution in [0.1, 0.15) is 22.3 Å². The minimum Gasteiger partial charge on any atom is -0.385 e. The fourth-order valence-corrected chi connectivity index (χ4v) is 2.15. The maximum atomic E-state index is 12.3. The zero-order valence-corrected chi connectivity index (χ0v) is 12.3. The summed E-state index contributed by atoms with van der Waals surface area (Å²) >= 11 is 1.65. The Hall–Kier alpha value is -1.00. The summed E-state index contributed by atoms with van der Waals surface area (Å²) in [6.07, 6.45) is 2.88. The monoisotopic (exact) mass is 267 g/mol. The number of thioether (sulfide) groups is 1. The lowest BCUT2D eigenvalue weighted by atomic mass is 10.1. The first kappa shape index (κ1) is 15.1. The number of ether oxygens (including phenoxy) is 1. The predicted octanol–water partition coefficient (Wildman–Crippen LogP) is 2.83. The van der Waals surface area contributed by atoms with Crippen LogP contribution in [0, 0.1) is 6.92 Å². The first-order valence-electron chi connectivity index (χ1n) is 5.99. The molecule has 0 N–H and O–H groups in total. The Kier molecular flexibility index (Phi) is 6.22. The molecule has 0 bridgehead atoms. The van der Waals surface area contributed by atoms with Gasteiger partial charge in [0.05, 0.1) is 0 Å². The minimum atomic E-state index is 0.0829. The third-order valence-electron chi connectivity index (χ3n) is 2.86. The summed E-state index contributed by atoms with van der Waals surface area (Å²) < 4.78 is 5.00. The molecule has 0 unspecified atom stereocenters. The predicted molar refractivity (Wildman–Crippen MR) is 76.4 cm³/mol. The summed E-state index contributed by atoms with van der Waals surface area (Å²) in [5.74, 6) is 0.0829. The second-order valence-electron chi connectivity index (χ2n) is 4.25. The molecule has 1 rings (SSSR count). The molecule has 0 aliphatic heterocycles. The van der Waals surface area contributed by atoms with Gasteiger partial charge in [0.15, 0.2) is 0 Å². The lowest BCUT2D eigenvalue weighted by Gasteiger charge is -2.18. The number of benzene rings is 1. The van der Waals surface area contributed by atoms with Crippen LogP contribution in [0.5, 0.6) is 0 Å². The smallest absolute Gasteiger partial charge is 0.253 e. The number of hydrogen-bond acceptors (Lipinski definition) is 3. The Morgan fingerprint density at radius 2 is 2.17 bits per heavy atom. The molecular formula is C14H21NO2S. The summed E-state index contributed by atoms with van der Waals surface area (Å²) in [5.41, 5.74) is 1.82. The first-order valence-corrected chi connectivity index (χ1v) is 7.21. The van der Waals surface area contributed by atoms with Gasteiger partial charge >= 0.3 is 0 Å². The van der Waals surface area contributed by atoms with Crippen molar-refractivity contribution in [1.29, 1.82) is 0 Å². The van der Waals surface area contributed by atoms with Crippen LogP contribution in [0.2, 0.25) is 0 Å². The third-order valence-corrected chi connectivity index (χ3v) is 3.59. The number of methoxy groups -OCH3 is 1. The molecule has 0 heterocycles. The topological polar surface area (TPSA) is 29.5 Å². The molecule has 0 radical (unpaired) electrons. The average molecular weight is 267 g/mol. The van der Waals surface area contributed by atoms with Crippen LogP contribution in [0.4, 0.5) is 0 Å². The van der Waals surface area contributed by atoms with E-state index in [1.54, 1.807) is 23.8 Å². The quantitative estimate of drug-likeness (QED) is 0.586. The van der Waals surface area contributed by atoms with Crippen molar-refractivity contribution in [3.63, 3.8) is 0 Å². The largest absolute Gasteiger partial charge is 0.385 e. The van der Waals surface area contributed by atoms with Gasteiger partial charge in [0.25, 0.3) is 5.91 Å². The zero-order valence-electron chi connectivity index (χ0n) is 11.5. The minimum absolute atomic E-state index is 0.0829. The number of amides is 1. The van der Waals surface area contributed by atoms with Crippen molar-refractivity contribution in [3.05, 3.63) is 29.3 Å².